The van der Waals surface area contributed by atoms with Crippen LogP contribution in [0, 0.1) is 18.7 Å². The molecule has 1 aliphatic rings. The minimum atomic E-state index is -1.34. The number of benzene rings is 2. The average Bonchev–Trinajstić information content (AvgIpc) is 3.40. The van der Waals surface area contributed by atoms with Gasteiger partial charge in [0.2, 0.25) is 0 Å². The van der Waals surface area contributed by atoms with Gasteiger partial charge in [0.15, 0.2) is 0 Å². The van der Waals surface area contributed by atoms with Crippen molar-refractivity contribution in [1.82, 2.24) is 24.5 Å². The summed E-state index contributed by atoms with van der Waals surface area (Å²) in [6, 6.07) is 15.9. The van der Waals surface area contributed by atoms with Crippen LogP contribution in [0.4, 0.5) is 4.39 Å². The van der Waals surface area contributed by atoms with Crippen LogP contribution in [0.1, 0.15) is 49.6 Å². The van der Waals surface area contributed by atoms with E-state index in [9.17, 15) is 5.11 Å². The molecule has 0 aliphatic carbocycles. The summed E-state index contributed by atoms with van der Waals surface area (Å²) < 4.78 is 25.2. The Kier molecular flexibility index (Phi) is 6.04. The summed E-state index contributed by atoms with van der Waals surface area (Å²) in [5.74, 6) is -0.131. The normalized spacial score (nSPS) is 15.9. The first-order valence-corrected chi connectivity index (χ1v) is 13.1. The van der Waals surface area contributed by atoms with Crippen LogP contribution in [0.5, 0.6) is 0 Å². The van der Waals surface area contributed by atoms with Gasteiger partial charge in [-0.3, -0.25) is 4.98 Å². The molecule has 0 radical (unpaired) electrons. The zero-order valence-electron chi connectivity index (χ0n) is 22.1. The summed E-state index contributed by atoms with van der Waals surface area (Å²) >= 11 is 0. The van der Waals surface area contributed by atoms with E-state index in [-0.39, 0.29) is 11.6 Å². The number of halogens is 1. The van der Waals surface area contributed by atoms with Gasteiger partial charge in [-0.15, -0.1) is 5.10 Å². The van der Waals surface area contributed by atoms with E-state index in [1.165, 1.54) is 11.6 Å². The van der Waals surface area contributed by atoms with Crippen molar-refractivity contribution in [3.05, 3.63) is 77.4 Å². The predicted molar refractivity (Wildman–Crippen MR) is 145 cm³/mol. The molecule has 7 nitrogen and oxygen atoms in total. The van der Waals surface area contributed by atoms with Crippen LogP contribution in [-0.4, -0.2) is 42.9 Å². The first kappa shape index (κ1) is 24.7. The molecule has 0 amide bonds. The lowest BCUT2D eigenvalue weighted by molar-refractivity contribution is 0.0552. The lowest BCUT2D eigenvalue weighted by atomic mass is 9.86. The third-order valence-electron chi connectivity index (χ3n) is 7.79. The van der Waals surface area contributed by atoms with Crippen molar-refractivity contribution < 1.29 is 14.2 Å². The Morgan fingerprint density at radius 3 is 2.47 bits per heavy atom. The first-order chi connectivity index (χ1) is 18.2. The molecular weight excluding hydrogens is 481 g/mol. The first-order valence-electron chi connectivity index (χ1n) is 13.1. The minimum absolute atomic E-state index is 0.0250. The van der Waals surface area contributed by atoms with Gasteiger partial charge in [0.1, 0.15) is 5.82 Å². The maximum atomic E-state index is 15.4. The molecule has 5 aromatic rings. The highest BCUT2D eigenvalue weighted by atomic mass is 19.1. The Hall–Kier alpha value is -3.62. The topological polar surface area (TPSA) is 78.0 Å². The number of hydrogen-bond acceptors (Lipinski definition) is 5. The van der Waals surface area contributed by atoms with Gasteiger partial charge in [0.25, 0.3) is 0 Å². The molecule has 2 aromatic carbocycles. The summed E-state index contributed by atoms with van der Waals surface area (Å²) in [5.41, 5.74) is 5.19. The Bertz CT molecular complexity index is 1610. The number of nitrogens with zero attached hydrogens (tertiary/aromatic N) is 5. The van der Waals surface area contributed by atoms with Gasteiger partial charge in [-0.05, 0) is 63.3 Å². The smallest absolute Gasteiger partial charge is 0.130 e. The van der Waals surface area contributed by atoms with E-state index >= 15 is 4.39 Å². The maximum absolute atomic E-state index is 15.4. The van der Waals surface area contributed by atoms with E-state index in [1.807, 2.05) is 26.2 Å². The zero-order valence-corrected chi connectivity index (χ0v) is 22.1. The number of hydrogen-bond donors (Lipinski definition) is 1. The number of aryl methyl sites for hydroxylation is 2. The molecule has 1 atom stereocenters. The fourth-order valence-corrected chi connectivity index (χ4v) is 5.99. The zero-order chi connectivity index (χ0) is 26.6. The van der Waals surface area contributed by atoms with Gasteiger partial charge in [0.05, 0.1) is 39.6 Å². The molecule has 1 saturated heterocycles. The van der Waals surface area contributed by atoms with Gasteiger partial charge in [0, 0.05) is 43.0 Å². The molecular formula is C30H32FN5O2. The molecule has 6 rings (SSSR count). The van der Waals surface area contributed by atoms with Gasteiger partial charge in [-0.2, -0.15) is 0 Å². The minimum Gasteiger partial charge on any atom is -0.386 e. The summed E-state index contributed by atoms with van der Waals surface area (Å²) in [6.45, 7) is 6.58. The van der Waals surface area contributed by atoms with Crippen LogP contribution < -0.4 is 0 Å². The van der Waals surface area contributed by atoms with Crippen molar-refractivity contribution in [3.63, 3.8) is 0 Å². The van der Waals surface area contributed by atoms with Crippen molar-refractivity contribution in [3.8, 4) is 11.3 Å². The van der Waals surface area contributed by atoms with Crippen LogP contribution in [0.15, 0.2) is 54.7 Å². The second-order valence-corrected chi connectivity index (χ2v) is 10.8. The van der Waals surface area contributed by atoms with Crippen molar-refractivity contribution in [1.29, 1.82) is 0 Å². The Morgan fingerprint density at radius 2 is 1.82 bits per heavy atom. The third kappa shape index (κ3) is 4.08. The van der Waals surface area contributed by atoms with E-state index in [0.29, 0.717) is 19.1 Å². The fourth-order valence-electron chi connectivity index (χ4n) is 5.99. The highest BCUT2D eigenvalue weighted by Gasteiger charge is 2.32. The highest BCUT2D eigenvalue weighted by molar-refractivity contribution is 6.07. The van der Waals surface area contributed by atoms with Crippen molar-refractivity contribution in [2.75, 3.05) is 13.2 Å². The second-order valence-electron chi connectivity index (χ2n) is 10.8. The number of fused-ring (bicyclic) bond motifs is 3. The lowest BCUT2D eigenvalue weighted by Crippen LogP contribution is -2.27. The number of aliphatic hydroxyl groups is 1. The molecule has 38 heavy (non-hydrogen) atoms. The Morgan fingerprint density at radius 1 is 1.08 bits per heavy atom. The van der Waals surface area contributed by atoms with Gasteiger partial charge in [-0.1, -0.05) is 35.5 Å². The summed E-state index contributed by atoms with van der Waals surface area (Å²) in [5, 5.41) is 20.0. The summed E-state index contributed by atoms with van der Waals surface area (Å²) in [7, 11) is 1.87. The Labute approximate surface area is 220 Å². The number of rotatable bonds is 5. The summed E-state index contributed by atoms with van der Waals surface area (Å²) in [4.78, 5) is 4.88. The van der Waals surface area contributed by atoms with E-state index < -0.39 is 11.4 Å². The van der Waals surface area contributed by atoms with E-state index in [0.717, 1.165) is 51.7 Å². The van der Waals surface area contributed by atoms with Crippen molar-refractivity contribution in [2.45, 2.75) is 45.3 Å². The molecule has 1 fully saturated rings. The number of aromatic nitrogens is 5. The van der Waals surface area contributed by atoms with Gasteiger partial charge >= 0.3 is 0 Å². The molecule has 0 unspecified atom stereocenters. The van der Waals surface area contributed by atoms with Crippen molar-refractivity contribution in [2.24, 2.45) is 13.0 Å². The van der Waals surface area contributed by atoms with Crippen LogP contribution in [0.25, 0.3) is 33.2 Å². The molecule has 3 aromatic heterocycles. The fraction of sp³-hybridized carbons (Fsp3) is 0.367. The van der Waals surface area contributed by atoms with Crippen LogP contribution in [0.2, 0.25) is 0 Å². The SMILES string of the molecule is Cc1nnn(C)c1-c1cnc2c3cc(F)c(C(C)(C)O)cc3n([C@H](c3ccccc3)C3CCOCC3)c2c1. The molecule has 196 valence electrons. The molecule has 4 heterocycles. The van der Waals surface area contributed by atoms with E-state index in [2.05, 4.69) is 45.2 Å². The van der Waals surface area contributed by atoms with Gasteiger partial charge < -0.3 is 14.4 Å². The summed E-state index contributed by atoms with van der Waals surface area (Å²) in [6.07, 6.45) is 3.64. The lowest BCUT2D eigenvalue weighted by Gasteiger charge is -2.33. The standard InChI is InChI=1S/C30H32FN5O2/c1-18-28(35(4)34-33-18)21-14-26-27(32-17-21)22-15-24(31)23(30(2,3)37)16-25(22)36(26)29(19-8-6-5-7-9-19)20-10-12-38-13-11-20/h5-9,14-17,20,29,37H,10-13H2,1-4H3/t29-/m1/s1. The molecule has 0 saturated carbocycles. The van der Waals surface area contributed by atoms with E-state index in [4.69, 9.17) is 9.72 Å². The monoisotopic (exact) mass is 513 g/mol. The van der Waals surface area contributed by atoms with Crippen molar-refractivity contribution >= 4 is 21.9 Å². The number of ether oxygens (including phenoxy) is 1. The largest absolute Gasteiger partial charge is 0.386 e. The third-order valence-corrected chi connectivity index (χ3v) is 7.79. The maximum Gasteiger partial charge on any atom is 0.130 e. The predicted octanol–water partition coefficient (Wildman–Crippen LogP) is 5.68. The molecule has 0 spiro atoms. The molecule has 8 heteroatoms. The molecule has 1 aliphatic heterocycles. The molecule has 1 N–H and O–H groups in total. The van der Waals surface area contributed by atoms with E-state index in [1.54, 1.807) is 24.6 Å². The number of pyridine rings is 1. The van der Waals surface area contributed by atoms with Crippen LogP contribution in [-0.2, 0) is 17.4 Å². The highest BCUT2D eigenvalue weighted by Crippen LogP contribution is 2.42. The average molecular weight is 514 g/mol. The quantitative estimate of drug-likeness (QED) is 0.327. The second kappa shape index (κ2) is 9.29. The molecule has 0 bridgehead atoms. The van der Waals surface area contributed by atoms with Crippen LogP contribution >= 0.6 is 0 Å². The van der Waals surface area contributed by atoms with Gasteiger partial charge in [-0.25, -0.2) is 9.07 Å². The van der Waals surface area contributed by atoms with Crippen LogP contribution in [0.3, 0.4) is 0 Å². The Balaban J connectivity index is 1.72.